The van der Waals surface area contributed by atoms with Crippen molar-refractivity contribution in [2.75, 3.05) is 7.11 Å². The van der Waals surface area contributed by atoms with Crippen LogP contribution in [0.5, 0.6) is 11.5 Å². The van der Waals surface area contributed by atoms with E-state index >= 15 is 0 Å². The highest BCUT2D eigenvalue weighted by Gasteiger charge is 2.22. The first-order valence-corrected chi connectivity index (χ1v) is 9.82. The summed E-state index contributed by atoms with van der Waals surface area (Å²) in [6.07, 6.45) is 3.09. The van der Waals surface area contributed by atoms with Crippen LogP contribution in [0.15, 0.2) is 67.0 Å². The summed E-state index contributed by atoms with van der Waals surface area (Å²) in [4.78, 5) is 21.1. The summed E-state index contributed by atoms with van der Waals surface area (Å²) in [5, 5.41) is 18.8. The number of carbonyl (C=O) groups is 1. The summed E-state index contributed by atoms with van der Waals surface area (Å²) in [7, 11) is 1.45. The third-order valence-corrected chi connectivity index (χ3v) is 5.01. The van der Waals surface area contributed by atoms with E-state index in [1.54, 1.807) is 17.7 Å². The molecule has 4 rings (SSSR count). The van der Waals surface area contributed by atoms with Crippen LogP contribution in [0.2, 0.25) is 0 Å². The number of nitrogens with one attached hydrogen (secondary N) is 1. The summed E-state index contributed by atoms with van der Waals surface area (Å²) in [6, 6.07) is 16.5. The molecule has 2 aromatic carbocycles. The maximum absolute atomic E-state index is 12.4. The minimum Gasteiger partial charge on any atom is -0.494 e. The van der Waals surface area contributed by atoms with Gasteiger partial charge in [0.2, 0.25) is 0 Å². The van der Waals surface area contributed by atoms with Gasteiger partial charge in [-0.25, -0.2) is 10.5 Å². The number of hydroxylamine groups is 1. The third kappa shape index (κ3) is 4.22. The van der Waals surface area contributed by atoms with Gasteiger partial charge < -0.3 is 14.6 Å². The Morgan fingerprint density at radius 1 is 1.03 bits per heavy atom. The lowest BCUT2D eigenvalue weighted by molar-refractivity contribution is 0.0705. The summed E-state index contributed by atoms with van der Waals surface area (Å²) >= 11 is 0. The molecule has 0 atom stereocenters. The first-order valence-electron chi connectivity index (χ1n) is 9.82. The fraction of sp³-hybridized carbons (Fsp3) is 0.125. The average molecular weight is 431 g/mol. The lowest BCUT2D eigenvalue weighted by atomic mass is 10.0. The van der Waals surface area contributed by atoms with Crippen molar-refractivity contribution in [2.45, 2.75) is 13.2 Å². The van der Waals surface area contributed by atoms with Gasteiger partial charge in [-0.2, -0.15) is 0 Å². The van der Waals surface area contributed by atoms with Gasteiger partial charge in [0.1, 0.15) is 18.1 Å². The van der Waals surface area contributed by atoms with Gasteiger partial charge in [-0.15, -0.1) is 0 Å². The molecule has 2 heterocycles. The van der Waals surface area contributed by atoms with Crippen molar-refractivity contribution in [2.24, 2.45) is 0 Å². The monoisotopic (exact) mass is 431 g/mol. The molecule has 0 spiro atoms. The van der Waals surface area contributed by atoms with Gasteiger partial charge in [-0.1, -0.05) is 36.4 Å². The average Bonchev–Trinajstić information content (AvgIpc) is 2.86. The maximum atomic E-state index is 12.4. The van der Waals surface area contributed by atoms with Crippen molar-refractivity contribution >= 4 is 16.8 Å². The molecule has 162 valence electrons. The Kier molecular flexibility index (Phi) is 6.25. The molecule has 0 aliphatic heterocycles. The van der Waals surface area contributed by atoms with E-state index in [2.05, 4.69) is 9.97 Å². The second-order valence-corrected chi connectivity index (χ2v) is 6.99. The number of hydrogen-bond donors (Lipinski definition) is 3. The number of aliphatic hydroxyl groups excluding tert-OH is 1. The number of amides is 1. The Morgan fingerprint density at radius 2 is 1.75 bits per heavy atom. The van der Waals surface area contributed by atoms with Gasteiger partial charge in [0.05, 0.1) is 24.8 Å². The standard InChI is InChI=1S/C24H21N3O5/c1-31-23-21(24(29)27-30)19-12-25-11-10-20(19)26-22(23)17-6-2-16(3-7-17)14-32-18-8-4-15(13-28)5-9-18/h2-12,28,30H,13-14H2,1H3,(H,27,29). The molecule has 0 unspecified atom stereocenters. The predicted octanol–water partition coefficient (Wildman–Crippen LogP) is 3.50. The van der Waals surface area contributed by atoms with E-state index in [0.29, 0.717) is 29.0 Å². The molecule has 0 fully saturated rings. The highest BCUT2D eigenvalue weighted by Crippen LogP contribution is 2.36. The van der Waals surface area contributed by atoms with E-state index in [4.69, 9.17) is 14.6 Å². The minimum atomic E-state index is -0.708. The highest BCUT2D eigenvalue weighted by atomic mass is 16.5. The lowest BCUT2D eigenvalue weighted by Gasteiger charge is -2.15. The molecule has 0 radical (unpaired) electrons. The van der Waals surface area contributed by atoms with Crippen LogP contribution in [0.4, 0.5) is 0 Å². The number of benzene rings is 2. The molecule has 32 heavy (non-hydrogen) atoms. The molecular weight excluding hydrogens is 410 g/mol. The maximum Gasteiger partial charge on any atom is 0.279 e. The predicted molar refractivity (Wildman–Crippen MR) is 117 cm³/mol. The van der Waals surface area contributed by atoms with Crippen LogP contribution in [0.25, 0.3) is 22.2 Å². The molecule has 8 nitrogen and oxygen atoms in total. The van der Waals surface area contributed by atoms with Crippen LogP contribution in [0.1, 0.15) is 21.5 Å². The number of pyridine rings is 2. The molecule has 0 saturated carbocycles. The smallest absolute Gasteiger partial charge is 0.279 e. The molecule has 4 aromatic rings. The van der Waals surface area contributed by atoms with Crippen molar-refractivity contribution < 1.29 is 24.6 Å². The quantitative estimate of drug-likeness (QED) is 0.303. The first kappa shape index (κ1) is 21.2. The molecule has 3 N–H and O–H groups in total. The second-order valence-electron chi connectivity index (χ2n) is 6.99. The fourth-order valence-electron chi connectivity index (χ4n) is 3.38. The molecule has 8 heteroatoms. The molecule has 1 amide bonds. The summed E-state index contributed by atoms with van der Waals surface area (Å²) in [5.74, 6) is 0.239. The van der Waals surface area contributed by atoms with Crippen LogP contribution < -0.4 is 15.0 Å². The van der Waals surface area contributed by atoms with Gasteiger partial charge in [0.15, 0.2) is 5.75 Å². The number of fused-ring (bicyclic) bond motifs is 1. The van der Waals surface area contributed by atoms with E-state index in [1.165, 1.54) is 13.3 Å². The van der Waals surface area contributed by atoms with Crippen molar-refractivity contribution in [3.8, 4) is 22.8 Å². The molecule has 0 aliphatic rings. The van der Waals surface area contributed by atoms with E-state index in [-0.39, 0.29) is 17.9 Å². The number of aromatic nitrogens is 2. The zero-order chi connectivity index (χ0) is 22.5. The lowest BCUT2D eigenvalue weighted by Crippen LogP contribution is -2.20. The van der Waals surface area contributed by atoms with E-state index in [9.17, 15) is 10.0 Å². The normalized spacial score (nSPS) is 10.7. The van der Waals surface area contributed by atoms with E-state index in [1.807, 2.05) is 48.5 Å². The Hall–Kier alpha value is -4.01. The number of hydrogen-bond acceptors (Lipinski definition) is 7. The van der Waals surface area contributed by atoms with Gasteiger partial charge in [-0.3, -0.25) is 15.0 Å². The summed E-state index contributed by atoms with van der Waals surface area (Å²) < 4.78 is 11.3. The third-order valence-electron chi connectivity index (χ3n) is 5.01. The van der Waals surface area contributed by atoms with Crippen molar-refractivity contribution in [3.63, 3.8) is 0 Å². The molecule has 0 bridgehead atoms. The minimum absolute atomic E-state index is 0.00774. The number of nitrogens with zero attached hydrogens (tertiary/aromatic N) is 2. The Bertz CT molecular complexity index is 1240. The van der Waals surface area contributed by atoms with E-state index < -0.39 is 5.91 Å². The first-order chi connectivity index (χ1) is 15.6. The molecule has 0 saturated heterocycles. The van der Waals surface area contributed by atoms with Crippen LogP contribution in [0.3, 0.4) is 0 Å². The van der Waals surface area contributed by atoms with E-state index in [0.717, 1.165) is 16.7 Å². The van der Waals surface area contributed by atoms with Crippen molar-refractivity contribution in [1.29, 1.82) is 0 Å². The van der Waals surface area contributed by atoms with Crippen LogP contribution in [0, 0.1) is 0 Å². The van der Waals surface area contributed by atoms with Crippen LogP contribution >= 0.6 is 0 Å². The molecule has 0 aliphatic carbocycles. The Balaban J connectivity index is 1.64. The SMILES string of the molecule is COc1c(-c2ccc(COc3ccc(CO)cc3)cc2)nc2ccncc2c1C(=O)NO. The van der Waals surface area contributed by atoms with Gasteiger partial charge in [0.25, 0.3) is 5.91 Å². The number of methoxy groups -OCH3 is 1. The zero-order valence-electron chi connectivity index (χ0n) is 17.3. The van der Waals surface area contributed by atoms with Gasteiger partial charge in [0, 0.05) is 23.3 Å². The van der Waals surface area contributed by atoms with Crippen LogP contribution in [-0.2, 0) is 13.2 Å². The van der Waals surface area contributed by atoms with Crippen molar-refractivity contribution in [1.82, 2.24) is 15.4 Å². The fourth-order valence-corrected chi connectivity index (χ4v) is 3.38. The van der Waals surface area contributed by atoms with Gasteiger partial charge in [-0.05, 0) is 29.3 Å². The topological polar surface area (TPSA) is 114 Å². The number of aliphatic hydroxyl groups is 1. The zero-order valence-corrected chi connectivity index (χ0v) is 17.3. The Labute approximate surface area is 184 Å². The van der Waals surface area contributed by atoms with Gasteiger partial charge >= 0.3 is 0 Å². The van der Waals surface area contributed by atoms with Crippen LogP contribution in [-0.4, -0.2) is 33.3 Å². The summed E-state index contributed by atoms with van der Waals surface area (Å²) in [5.41, 5.74) is 5.35. The Morgan fingerprint density at radius 3 is 2.41 bits per heavy atom. The molecule has 2 aromatic heterocycles. The molecular formula is C24H21N3O5. The summed E-state index contributed by atoms with van der Waals surface area (Å²) in [6.45, 7) is 0.358. The number of rotatable bonds is 7. The highest BCUT2D eigenvalue weighted by molar-refractivity contribution is 6.09. The number of ether oxygens (including phenoxy) is 2. The second kappa shape index (κ2) is 9.42. The number of carbonyl (C=O) groups excluding carboxylic acids is 1. The largest absolute Gasteiger partial charge is 0.494 e. The van der Waals surface area contributed by atoms with Crippen molar-refractivity contribution in [3.05, 3.63) is 83.7 Å².